The van der Waals surface area contributed by atoms with Crippen LogP contribution in [0.2, 0.25) is 5.02 Å². The molecule has 0 spiro atoms. The maximum absolute atomic E-state index is 12.8. The Labute approximate surface area is 185 Å². The molecule has 1 aromatic rings. The number of allylic oxidation sites excluding steroid dienone is 2. The summed E-state index contributed by atoms with van der Waals surface area (Å²) in [5.74, 6) is -1.87. The molecule has 2 aliphatic carbocycles. The Balaban J connectivity index is 1.61. The Kier molecular flexibility index (Phi) is 5.59. The van der Waals surface area contributed by atoms with Gasteiger partial charge in [-0.15, -0.1) is 0 Å². The molecule has 1 saturated carbocycles. The maximum atomic E-state index is 12.8. The normalized spacial score (nSPS) is 26.7. The third kappa shape index (κ3) is 3.39. The quantitative estimate of drug-likeness (QED) is 0.353. The number of nitrogens with zero attached hydrogens (tertiary/aromatic N) is 2. The number of imide groups is 1. The van der Waals surface area contributed by atoms with Crippen LogP contribution in [0.4, 0.5) is 0 Å². The predicted octanol–water partition coefficient (Wildman–Crippen LogP) is 3.11. The molecule has 1 N–H and O–H groups in total. The second kappa shape index (κ2) is 8.03. The SMILES string of the molecule is CCOc1cc(C=NN2C(=O)[C@@H]3[C@H](C2=O)[C@H]2C=C[C@H]3C2)c(Br)c(Cl)c1OCC(=O)O. The van der Waals surface area contributed by atoms with Crippen LogP contribution in [0, 0.1) is 23.7 Å². The Morgan fingerprint density at radius 3 is 2.50 bits per heavy atom. The molecule has 0 radical (unpaired) electrons. The molecule has 2 fully saturated rings. The highest BCUT2D eigenvalue weighted by Gasteiger charge is 2.59. The first-order chi connectivity index (χ1) is 14.3. The van der Waals surface area contributed by atoms with Crippen LogP contribution in [0.3, 0.4) is 0 Å². The average molecular weight is 498 g/mol. The summed E-state index contributed by atoms with van der Waals surface area (Å²) in [7, 11) is 0. The number of hydrazone groups is 1. The summed E-state index contributed by atoms with van der Waals surface area (Å²) in [5.41, 5.74) is 0.449. The van der Waals surface area contributed by atoms with Crippen molar-refractivity contribution in [1.29, 1.82) is 0 Å². The zero-order valence-electron chi connectivity index (χ0n) is 15.9. The monoisotopic (exact) mass is 496 g/mol. The van der Waals surface area contributed by atoms with Gasteiger partial charge >= 0.3 is 5.97 Å². The number of aliphatic carboxylic acids is 1. The number of halogens is 2. The van der Waals surface area contributed by atoms with Gasteiger partial charge in [-0.1, -0.05) is 23.8 Å². The van der Waals surface area contributed by atoms with Crippen LogP contribution < -0.4 is 9.47 Å². The van der Waals surface area contributed by atoms with Crippen LogP contribution >= 0.6 is 27.5 Å². The second-order valence-corrected chi connectivity index (χ2v) is 8.44. The summed E-state index contributed by atoms with van der Waals surface area (Å²) in [6.45, 7) is 1.46. The molecule has 2 amide bonds. The number of carbonyl (C=O) groups is 3. The first-order valence-electron chi connectivity index (χ1n) is 9.43. The molecule has 8 nitrogen and oxygen atoms in total. The van der Waals surface area contributed by atoms with Crippen molar-refractivity contribution in [2.75, 3.05) is 13.2 Å². The van der Waals surface area contributed by atoms with Crippen molar-refractivity contribution in [1.82, 2.24) is 5.01 Å². The van der Waals surface area contributed by atoms with E-state index in [9.17, 15) is 14.4 Å². The van der Waals surface area contributed by atoms with Gasteiger partial charge in [0.25, 0.3) is 11.8 Å². The maximum Gasteiger partial charge on any atom is 0.341 e. The van der Waals surface area contributed by atoms with E-state index in [0.717, 1.165) is 11.4 Å². The molecule has 158 valence electrons. The van der Waals surface area contributed by atoms with E-state index in [1.165, 1.54) is 6.21 Å². The number of carbonyl (C=O) groups excluding carboxylic acids is 2. The number of carboxylic acid groups (broad SMARTS) is 1. The number of hydrogen-bond acceptors (Lipinski definition) is 6. The molecular weight excluding hydrogens is 480 g/mol. The molecule has 4 atom stereocenters. The Morgan fingerprint density at radius 2 is 1.93 bits per heavy atom. The van der Waals surface area contributed by atoms with Crippen molar-refractivity contribution >= 4 is 51.5 Å². The number of carboxylic acids is 1. The van der Waals surface area contributed by atoms with Crippen LogP contribution in [-0.2, 0) is 14.4 Å². The number of rotatable bonds is 7. The van der Waals surface area contributed by atoms with E-state index in [0.29, 0.717) is 16.6 Å². The summed E-state index contributed by atoms with van der Waals surface area (Å²) in [6.07, 6.45) is 6.24. The fourth-order valence-electron chi connectivity index (χ4n) is 4.35. The molecule has 0 unspecified atom stereocenters. The van der Waals surface area contributed by atoms with Crippen molar-refractivity contribution in [2.24, 2.45) is 28.8 Å². The van der Waals surface area contributed by atoms with Gasteiger partial charge in [0, 0.05) is 10.0 Å². The van der Waals surface area contributed by atoms with Crippen LogP contribution in [0.1, 0.15) is 18.9 Å². The number of ether oxygens (including phenoxy) is 2. The van der Waals surface area contributed by atoms with Gasteiger partial charge in [0.1, 0.15) is 5.02 Å². The van der Waals surface area contributed by atoms with Crippen molar-refractivity contribution < 1.29 is 29.0 Å². The van der Waals surface area contributed by atoms with Gasteiger partial charge in [-0.25, -0.2) is 4.79 Å². The summed E-state index contributed by atoms with van der Waals surface area (Å²) < 4.78 is 11.1. The van der Waals surface area contributed by atoms with Crippen molar-refractivity contribution in [2.45, 2.75) is 13.3 Å². The summed E-state index contributed by atoms with van der Waals surface area (Å²) in [5, 5.41) is 14.0. The van der Waals surface area contributed by atoms with Crippen molar-refractivity contribution in [3.05, 3.63) is 33.3 Å². The first-order valence-corrected chi connectivity index (χ1v) is 10.6. The van der Waals surface area contributed by atoms with Gasteiger partial charge in [0.05, 0.1) is 24.7 Å². The van der Waals surface area contributed by atoms with Gasteiger partial charge in [0.15, 0.2) is 18.1 Å². The molecule has 0 aromatic heterocycles. The van der Waals surface area contributed by atoms with E-state index in [1.807, 2.05) is 12.2 Å². The molecule has 1 heterocycles. The number of hydrogen-bond donors (Lipinski definition) is 1. The van der Waals surface area contributed by atoms with Crippen LogP contribution in [0.5, 0.6) is 11.5 Å². The number of fused-ring (bicyclic) bond motifs is 5. The lowest BCUT2D eigenvalue weighted by molar-refractivity contribution is -0.141. The highest BCUT2D eigenvalue weighted by molar-refractivity contribution is 9.10. The lowest BCUT2D eigenvalue weighted by Crippen LogP contribution is -2.28. The van der Waals surface area contributed by atoms with Gasteiger partial charge in [-0.3, -0.25) is 9.59 Å². The minimum atomic E-state index is -1.16. The fraction of sp³-hybridized carbons (Fsp3) is 0.400. The number of amides is 2. The third-order valence-electron chi connectivity index (χ3n) is 5.56. The fourth-order valence-corrected chi connectivity index (χ4v) is 5.00. The highest BCUT2D eigenvalue weighted by Crippen LogP contribution is 2.52. The Bertz CT molecular complexity index is 964. The topological polar surface area (TPSA) is 106 Å². The predicted molar refractivity (Wildman–Crippen MR) is 111 cm³/mol. The third-order valence-corrected chi connectivity index (χ3v) is 7.00. The molecule has 1 aromatic carbocycles. The minimum Gasteiger partial charge on any atom is -0.490 e. The largest absolute Gasteiger partial charge is 0.490 e. The van der Waals surface area contributed by atoms with Crippen molar-refractivity contribution in [3.63, 3.8) is 0 Å². The zero-order chi connectivity index (χ0) is 21.6. The summed E-state index contributed by atoms with van der Waals surface area (Å²) >= 11 is 9.67. The molecular formula is C20H18BrClN2O6. The smallest absolute Gasteiger partial charge is 0.341 e. The molecule has 10 heteroatoms. The van der Waals surface area contributed by atoms with Crippen LogP contribution in [-0.4, -0.2) is 47.3 Å². The molecule has 3 aliphatic rings. The van der Waals surface area contributed by atoms with Crippen LogP contribution in [0.25, 0.3) is 0 Å². The zero-order valence-corrected chi connectivity index (χ0v) is 18.2. The van der Waals surface area contributed by atoms with Gasteiger partial charge in [-0.2, -0.15) is 10.1 Å². The lowest BCUT2D eigenvalue weighted by Gasteiger charge is -2.15. The van der Waals surface area contributed by atoms with E-state index in [4.69, 9.17) is 26.2 Å². The molecule has 30 heavy (non-hydrogen) atoms. The lowest BCUT2D eigenvalue weighted by atomic mass is 9.85. The second-order valence-electron chi connectivity index (χ2n) is 7.27. The van der Waals surface area contributed by atoms with Gasteiger partial charge in [-0.05, 0) is 47.2 Å². The standard InChI is InChI=1S/C20H18BrClN2O6/c1-2-29-12-6-11(16(21)17(22)18(12)30-8-13(25)26)7-23-24-19(27)14-9-3-4-10(5-9)15(14)20(24)28/h3-4,6-7,9-10,14-15H,2,5,8H2,1H3,(H,25,26)/t9-,10-,14-,15+/m0/s1. The van der Waals surface area contributed by atoms with E-state index in [-0.39, 0.29) is 52.0 Å². The summed E-state index contributed by atoms with van der Waals surface area (Å²) in [4.78, 5) is 36.3. The van der Waals surface area contributed by atoms with Gasteiger partial charge in [0.2, 0.25) is 0 Å². The van der Waals surface area contributed by atoms with E-state index in [1.54, 1.807) is 13.0 Å². The first kappa shape index (κ1) is 20.9. The summed E-state index contributed by atoms with van der Waals surface area (Å²) in [6, 6.07) is 1.55. The minimum absolute atomic E-state index is 0.0791. The van der Waals surface area contributed by atoms with E-state index in [2.05, 4.69) is 21.0 Å². The van der Waals surface area contributed by atoms with Crippen LogP contribution in [0.15, 0.2) is 27.8 Å². The van der Waals surface area contributed by atoms with Crippen molar-refractivity contribution in [3.8, 4) is 11.5 Å². The number of benzene rings is 1. The molecule has 1 aliphatic heterocycles. The molecule has 2 bridgehead atoms. The van der Waals surface area contributed by atoms with E-state index >= 15 is 0 Å². The Morgan fingerprint density at radius 1 is 1.30 bits per heavy atom. The molecule has 4 rings (SSSR count). The molecule has 1 saturated heterocycles. The average Bonchev–Trinajstić information content (AvgIpc) is 3.38. The van der Waals surface area contributed by atoms with E-state index < -0.39 is 12.6 Å². The Hall–Kier alpha value is -2.39. The van der Waals surface area contributed by atoms with Gasteiger partial charge < -0.3 is 14.6 Å². The highest BCUT2D eigenvalue weighted by atomic mass is 79.9.